The minimum atomic E-state index is -0.396. The van der Waals surface area contributed by atoms with E-state index in [2.05, 4.69) is 187 Å². The number of Topliss-reactive ketones (excluding diaryl/α,β-unsaturated/α-hetero) is 4. The lowest BCUT2D eigenvalue weighted by Crippen LogP contribution is -2.26. The second kappa shape index (κ2) is 30.1. The highest BCUT2D eigenvalue weighted by Gasteiger charge is 2.37. The summed E-state index contributed by atoms with van der Waals surface area (Å²) in [6.07, 6.45) is 4.47. The minimum Gasteiger partial charge on any atom is -0.485 e. The van der Waals surface area contributed by atoms with Crippen LogP contribution < -0.4 is 18.9 Å². The Balaban J connectivity index is 1.47. The number of carbonyl (C=O) groups is 4. The molecular weight excluding hydrogens is 1230 g/mol. The van der Waals surface area contributed by atoms with Gasteiger partial charge in [0, 0.05) is 47.9 Å². The lowest BCUT2D eigenvalue weighted by Gasteiger charge is -2.36. The van der Waals surface area contributed by atoms with Crippen LogP contribution in [0.3, 0.4) is 0 Å². The molecule has 0 saturated heterocycles. The number of benzene rings is 8. The average Bonchev–Trinajstić information content (AvgIpc) is 0.765. The van der Waals surface area contributed by atoms with Crippen LogP contribution in [0.5, 0.6) is 23.0 Å². The highest BCUT2D eigenvalue weighted by Crippen LogP contribution is 2.49. The number of hydrogen-bond acceptors (Lipinski definition) is 8. The van der Waals surface area contributed by atoms with E-state index in [4.69, 9.17) is 18.9 Å². The Bertz CT molecular complexity index is 3570. The molecule has 0 atom stereocenters. The van der Waals surface area contributed by atoms with Crippen LogP contribution in [0.2, 0.25) is 0 Å². The third kappa shape index (κ3) is 20.0. The van der Waals surface area contributed by atoms with Crippen molar-refractivity contribution in [2.75, 3.05) is 26.4 Å². The highest BCUT2D eigenvalue weighted by molar-refractivity contribution is 5.99. The molecular formula is C92H112O8. The highest BCUT2D eigenvalue weighted by atomic mass is 16.5. The summed E-state index contributed by atoms with van der Waals surface area (Å²) in [4.78, 5) is 58.7. The van der Waals surface area contributed by atoms with Crippen molar-refractivity contribution in [1.82, 2.24) is 0 Å². The number of rotatable bonds is 24. The standard InChI is InChI=1S/C92H112O8/c1-85(2,3)57-89(13,14)73-45-65-41-67-47-74(90(15,16)58-86(4,5)6)49-69(82(67)98-54-78(94)62-35-27-22-28-36-62)43-71-51-76(92(19,20)60-88(10,11)12)52-72(84(71)100-56-80(96)64-39-31-24-32-40-64)44-70-50-75(91(17,18)59-87(7,8)9)48-68(83(70)99-55-79(95)63-37-29-23-30-38-63)42-66(46-73)81(65)97-53-77(93)61-33-25-21-26-34-61/h21-40,45-52H,41-44,53-60H2,1-20H3. The van der Waals surface area contributed by atoms with Crippen LogP contribution in [-0.4, -0.2) is 49.6 Å². The van der Waals surface area contributed by atoms with Crippen molar-refractivity contribution in [3.05, 3.63) is 259 Å². The molecule has 8 aromatic carbocycles. The summed E-state index contributed by atoms with van der Waals surface area (Å²) >= 11 is 0. The summed E-state index contributed by atoms with van der Waals surface area (Å²) in [7, 11) is 0. The number of fused-ring (bicyclic) bond motifs is 8. The van der Waals surface area contributed by atoms with E-state index in [1.807, 2.05) is 121 Å². The zero-order valence-corrected chi connectivity index (χ0v) is 63.9. The Kier molecular flexibility index (Phi) is 22.8. The number of hydrogen-bond donors (Lipinski definition) is 0. The Morgan fingerprint density at radius 2 is 0.400 bits per heavy atom. The first-order valence-corrected chi connectivity index (χ1v) is 36.1. The fraction of sp³-hybridized carbons (Fsp3) is 0.435. The Morgan fingerprint density at radius 3 is 0.540 bits per heavy atom. The van der Waals surface area contributed by atoms with E-state index in [0.29, 0.717) is 45.3 Å². The van der Waals surface area contributed by atoms with Crippen molar-refractivity contribution in [2.45, 2.75) is 212 Å². The molecule has 1 aliphatic rings. The molecule has 8 nitrogen and oxygen atoms in total. The van der Waals surface area contributed by atoms with Gasteiger partial charge in [-0.2, -0.15) is 0 Å². The van der Waals surface area contributed by atoms with E-state index in [1.54, 1.807) is 0 Å². The van der Waals surface area contributed by atoms with Gasteiger partial charge in [0.15, 0.2) is 49.6 Å². The van der Waals surface area contributed by atoms with Crippen LogP contribution in [0.25, 0.3) is 0 Å². The van der Waals surface area contributed by atoms with Crippen molar-refractivity contribution in [3.63, 3.8) is 0 Å². The van der Waals surface area contributed by atoms with E-state index >= 15 is 0 Å². The molecule has 0 heterocycles. The molecule has 0 aromatic heterocycles. The van der Waals surface area contributed by atoms with Gasteiger partial charge in [0.1, 0.15) is 23.0 Å². The van der Waals surface area contributed by atoms with Gasteiger partial charge in [-0.05, 0) is 136 Å². The van der Waals surface area contributed by atoms with Crippen LogP contribution in [0, 0.1) is 21.7 Å². The van der Waals surface area contributed by atoms with E-state index < -0.39 is 21.7 Å². The molecule has 0 aliphatic heterocycles. The van der Waals surface area contributed by atoms with Crippen LogP contribution in [0.1, 0.15) is 272 Å². The summed E-state index contributed by atoms with van der Waals surface area (Å²) < 4.78 is 29.1. The molecule has 8 bridgehead atoms. The largest absolute Gasteiger partial charge is 0.485 e. The second-order valence-corrected chi connectivity index (χ2v) is 36.0. The maximum absolute atomic E-state index is 14.7. The van der Waals surface area contributed by atoms with E-state index in [1.165, 1.54) is 0 Å². The van der Waals surface area contributed by atoms with Gasteiger partial charge in [0.05, 0.1) is 0 Å². The minimum absolute atomic E-state index is 0.0771. The van der Waals surface area contributed by atoms with Crippen LogP contribution in [0.15, 0.2) is 170 Å². The van der Waals surface area contributed by atoms with Gasteiger partial charge in [-0.3, -0.25) is 19.2 Å². The van der Waals surface area contributed by atoms with Crippen molar-refractivity contribution in [1.29, 1.82) is 0 Å². The third-order valence-electron chi connectivity index (χ3n) is 19.3. The average molecular weight is 1350 g/mol. The van der Waals surface area contributed by atoms with Gasteiger partial charge >= 0.3 is 0 Å². The number of ether oxygens (including phenoxy) is 4. The quantitative estimate of drug-likeness (QED) is 0.0551. The number of ketones is 4. The first-order valence-electron chi connectivity index (χ1n) is 36.1. The molecule has 0 spiro atoms. The van der Waals surface area contributed by atoms with Crippen LogP contribution >= 0.6 is 0 Å². The predicted molar refractivity (Wildman–Crippen MR) is 410 cm³/mol. The van der Waals surface area contributed by atoms with Gasteiger partial charge in [0.2, 0.25) is 0 Å². The molecule has 0 unspecified atom stereocenters. The summed E-state index contributed by atoms with van der Waals surface area (Å²) in [6.45, 7) is 45.0. The van der Waals surface area contributed by atoms with Crippen molar-refractivity contribution in [3.8, 4) is 23.0 Å². The van der Waals surface area contributed by atoms with Gasteiger partial charge in [0.25, 0.3) is 0 Å². The van der Waals surface area contributed by atoms with Gasteiger partial charge in [-0.25, -0.2) is 0 Å². The summed E-state index contributed by atoms with van der Waals surface area (Å²) in [5.41, 5.74) is 11.4. The molecule has 1 aliphatic carbocycles. The summed E-state index contributed by atoms with van der Waals surface area (Å²) in [5.74, 6) is 1.61. The molecule has 0 radical (unpaired) electrons. The fourth-order valence-electron chi connectivity index (χ4n) is 16.3. The van der Waals surface area contributed by atoms with Crippen LogP contribution in [0.4, 0.5) is 0 Å². The molecule has 9 rings (SSSR count). The van der Waals surface area contributed by atoms with Crippen molar-refractivity contribution < 1.29 is 38.1 Å². The van der Waals surface area contributed by atoms with E-state index in [0.717, 1.165) is 92.4 Å². The predicted octanol–water partition coefficient (Wildman–Crippen LogP) is 22.3. The molecule has 8 aromatic rings. The Hall–Kier alpha value is -8.36. The monoisotopic (exact) mass is 1340 g/mol. The van der Waals surface area contributed by atoms with Crippen molar-refractivity contribution >= 4 is 23.1 Å². The molecule has 0 amide bonds. The Morgan fingerprint density at radius 1 is 0.250 bits per heavy atom. The fourth-order valence-corrected chi connectivity index (χ4v) is 16.3. The van der Waals surface area contributed by atoms with Gasteiger partial charge in [-0.1, -0.05) is 308 Å². The van der Waals surface area contributed by atoms with Gasteiger partial charge in [-0.15, -0.1) is 0 Å². The zero-order valence-electron chi connectivity index (χ0n) is 63.9. The molecule has 0 N–H and O–H groups in total. The molecule has 8 heteroatoms. The van der Waals surface area contributed by atoms with Crippen molar-refractivity contribution in [2.24, 2.45) is 21.7 Å². The smallest absolute Gasteiger partial charge is 0.200 e. The zero-order chi connectivity index (χ0) is 73.0. The molecule has 0 fully saturated rings. The Labute approximate surface area is 599 Å². The first kappa shape index (κ1) is 75.8. The lowest BCUT2D eigenvalue weighted by molar-refractivity contribution is 0.0913. The molecule has 0 saturated carbocycles. The van der Waals surface area contributed by atoms with E-state index in [9.17, 15) is 19.2 Å². The van der Waals surface area contributed by atoms with Gasteiger partial charge < -0.3 is 18.9 Å². The topological polar surface area (TPSA) is 105 Å². The first-order chi connectivity index (χ1) is 46.6. The SMILES string of the molecule is CC(C)(C)CC(C)(C)c1cc2c(OCC(=O)c3ccccc3)c(c1)Cc1cc(C(C)(C)CC(C)(C)C)cc(c1OCC(=O)c1ccccc1)Cc1cc(C(C)(C)CC(C)(C)C)cc(c1OCC(=O)c1ccccc1)Cc1cc(C(C)(C)CC(C)(C)C)cc(c1OCC(=O)c1ccccc1)C2. The normalized spacial score (nSPS) is 13.3. The second-order valence-electron chi connectivity index (χ2n) is 36.0. The summed E-state index contributed by atoms with van der Waals surface area (Å²) in [6, 6.07) is 55.6. The number of carbonyl (C=O) groups excluding carboxylic acids is 4. The maximum Gasteiger partial charge on any atom is 0.200 e. The maximum atomic E-state index is 14.7. The van der Waals surface area contributed by atoms with E-state index in [-0.39, 0.29) is 96.9 Å². The molecule has 528 valence electrons. The lowest BCUT2D eigenvalue weighted by atomic mass is 9.70. The third-order valence-corrected chi connectivity index (χ3v) is 19.3. The molecule has 100 heavy (non-hydrogen) atoms. The van der Waals surface area contributed by atoms with Crippen LogP contribution in [-0.2, 0) is 47.3 Å². The summed E-state index contributed by atoms with van der Waals surface area (Å²) in [5, 5.41) is 0.